The Morgan fingerprint density at radius 3 is 2.05 bits per heavy atom. The van der Waals surface area contributed by atoms with Crippen LogP contribution in [0.15, 0.2) is 111 Å². The van der Waals surface area contributed by atoms with Gasteiger partial charge < -0.3 is 34.4 Å². The summed E-state index contributed by atoms with van der Waals surface area (Å²) in [6.45, 7) is -0.154. The summed E-state index contributed by atoms with van der Waals surface area (Å²) in [5, 5.41) is 35.4. The molecule has 14 heteroatoms. The lowest BCUT2D eigenvalue weighted by Crippen LogP contribution is -2.24. The summed E-state index contributed by atoms with van der Waals surface area (Å²) < 4.78 is 14.2. The minimum atomic E-state index is -1.36. The van der Waals surface area contributed by atoms with E-state index in [1.807, 2.05) is 61.9 Å². The van der Waals surface area contributed by atoms with E-state index in [2.05, 4.69) is 5.32 Å². The van der Waals surface area contributed by atoms with Gasteiger partial charge in [0, 0.05) is 89.2 Å². The summed E-state index contributed by atoms with van der Waals surface area (Å²) in [5.41, 5.74) is 3.29. The number of hydrogen-bond acceptors (Lipinski definition) is 8. The minimum Gasteiger partial charge on any atom is -0.508 e. The Morgan fingerprint density at radius 1 is 0.700 bits per heavy atom. The van der Waals surface area contributed by atoms with Crippen LogP contribution >= 0.6 is 23.2 Å². The quantitative estimate of drug-likeness (QED) is 0.0858. The molecule has 4 N–H and O–H groups in total. The fourth-order valence-corrected chi connectivity index (χ4v) is 8.07. The molecular weight excluding hydrogens is 809 g/mol. The maximum Gasteiger partial charge on any atom is 0.337 e. The third-order valence-electron chi connectivity index (χ3n) is 10.4. The van der Waals surface area contributed by atoms with Gasteiger partial charge in [0.1, 0.15) is 42.5 Å². The highest BCUT2D eigenvalue weighted by Crippen LogP contribution is 2.47. The molecule has 8 rings (SSSR count). The second-order valence-electron chi connectivity index (χ2n) is 14.6. The molecule has 0 atom stereocenters. The van der Waals surface area contributed by atoms with Gasteiger partial charge in [-0.05, 0) is 65.7 Å². The zero-order valence-electron chi connectivity index (χ0n) is 32.4. The molecule has 0 fully saturated rings. The number of carbonyl (C=O) groups excluding carboxylic acids is 1. The molecule has 300 valence electrons. The highest BCUT2D eigenvalue weighted by atomic mass is 35.5. The van der Waals surface area contributed by atoms with Crippen molar-refractivity contribution in [1.82, 2.24) is 9.89 Å². The topological polar surface area (TPSA) is 174 Å². The molecule has 2 aliphatic heterocycles. The second kappa shape index (κ2) is 15.2. The first-order chi connectivity index (χ1) is 28.6. The van der Waals surface area contributed by atoms with Crippen LogP contribution in [0.3, 0.4) is 0 Å². The second-order valence-corrected chi connectivity index (χ2v) is 15.4. The van der Waals surface area contributed by atoms with Gasteiger partial charge in [-0.3, -0.25) is 9.59 Å². The third kappa shape index (κ3) is 6.95. The number of amides is 1. The van der Waals surface area contributed by atoms with Crippen LogP contribution in [0.2, 0.25) is 10.0 Å². The predicted molar refractivity (Wildman–Crippen MR) is 231 cm³/mol. The summed E-state index contributed by atoms with van der Waals surface area (Å²) in [4.78, 5) is 54.0. The average Bonchev–Trinajstić information content (AvgIpc) is 3.20. The predicted octanol–water partition coefficient (Wildman–Crippen LogP) is 8.52. The molecule has 0 radical (unpaired) electrons. The molecule has 0 aromatic heterocycles. The number of phenols is 1. The van der Waals surface area contributed by atoms with E-state index in [0.717, 1.165) is 11.0 Å². The molecule has 1 amide bonds. The van der Waals surface area contributed by atoms with Crippen molar-refractivity contribution < 1.29 is 38.5 Å². The van der Waals surface area contributed by atoms with Crippen LogP contribution in [0.1, 0.15) is 36.6 Å². The van der Waals surface area contributed by atoms with E-state index in [1.165, 1.54) is 36.4 Å². The maximum absolute atomic E-state index is 14.1. The zero-order chi connectivity index (χ0) is 42.7. The van der Waals surface area contributed by atoms with Gasteiger partial charge >= 0.3 is 11.9 Å². The number of carboxylic acids is 2. The van der Waals surface area contributed by atoms with E-state index >= 15 is 0 Å². The summed E-state index contributed by atoms with van der Waals surface area (Å²) >= 11 is 13.8. The molecule has 0 unspecified atom stereocenters. The lowest BCUT2D eigenvalue weighted by Gasteiger charge is -2.21. The molecule has 4 aromatic carbocycles. The van der Waals surface area contributed by atoms with Gasteiger partial charge in [-0.1, -0.05) is 35.3 Å². The Morgan fingerprint density at radius 2 is 1.35 bits per heavy atom. The number of carbonyl (C=O) groups is 3. The molecule has 2 aliphatic carbocycles. The van der Waals surface area contributed by atoms with Crippen molar-refractivity contribution in [2.75, 3.05) is 33.1 Å². The number of anilines is 1. The van der Waals surface area contributed by atoms with E-state index in [1.54, 1.807) is 36.4 Å². The van der Waals surface area contributed by atoms with Crippen LogP contribution in [-0.4, -0.2) is 61.4 Å². The first-order valence-corrected chi connectivity index (χ1v) is 19.1. The van der Waals surface area contributed by atoms with Crippen LogP contribution < -0.4 is 25.6 Å². The number of aromatic carboxylic acids is 2. The Bertz CT molecular complexity index is 3200. The maximum atomic E-state index is 14.1. The van der Waals surface area contributed by atoms with Gasteiger partial charge in [0.2, 0.25) is 5.36 Å². The van der Waals surface area contributed by atoms with Gasteiger partial charge in [-0.2, -0.15) is 0 Å². The molecule has 60 heavy (non-hydrogen) atoms. The normalized spacial score (nSPS) is 11.4. The fraction of sp³-hybridized carbons (Fsp3) is 0.109. The van der Waals surface area contributed by atoms with Gasteiger partial charge in [0.05, 0.1) is 32.8 Å². The van der Waals surface area contributed by atoms with Crippen LogP contribution in [0, 0.1) is 0 Å². The van der Waals surface area contributed by atoms with Gasteiger partial charge in [0.15, 0.2) is 5.43 Å². The summed E-state index contributed by atoms with van der Waals surface area (Å²) in [7, 11) is 7.53. The van der Waals surface area contributed by atoms with Crippen molar-refractivity contribution in [2.24, 2.45) is 0 Å². The molecule has 0 spiro atoms. The van der Waals surface area contributed by atoms with Crippen LogP contribution in [0.4, 0.5) is 5.69 Å². The third-order valence-corrected chi connectivity index (χ3v) is 11.1. The smallest absolute Gasteiger partial charge is 0.337 e. The zero-order valence-corrected chi connectivity index (χ0v) is 33.9. The standard InChI is InChI=1S/C46H33Cl2N3O9/c1-50(2)23-6-11-30-35(16-23)59-36-17-24(51(3)4)7-12-31(36)40(30)42-41(46(57)58)34(47)20-33(43(42)48)44(54)49-21-22-5-10-27(32(15-22)45(55)56)39-28-13-8-25(52)18-37(28)60-38-19-26(53)9-14-29(38)39/h5-20H,21H2,1-4H3,(H3-,49,52,53,54,55,56,57,58)/p+1. The largest absolute Gasteiger partial charge is 0.508 e. The Kier molecular flexibility index (Phi) is 10.1. The number of aromatic hydroxyl groups is 1. The number of hydrogen-bond donors (Lipinski definition) is 4. The summed E-state index contributed by atoms with van der Waals surface area (Å²) in [5.74, 6) is -2.75. The van der Waals surface area contributed by atoms with Crippen molar-refractivity contribution in [2.45, 2.75) is 6.54 Å². The van der Waals surface area contributed by atoms with Gasteiger partial charge in [-0.15, -0.1) is 0 Å². The number of halogens is 2. The van der Waals surface area contributed by atoms with Gasteiger partial charge in [0.25, 0.3) is 5.91 Å². The number of carboxylic acid groups (broad SMARTS) is 2. The molecular formula is C46H34Cl2N3O9+. The van der Waals surface area contributed by atoms with E-state index in [0.29, 0.717) is 55.5 Å². The molecule has 2 heterocycles. The first kappa shape index (κ1) is 39.7. The Hall–Kier alpha value is -7.15. The highest BCUT2D eigenvalue weighted by Gasteiger charge is 2.30. The first-order valence-electron chi connectivity index (χ1n) is 18.4. The SMILES string of the molecule is CN(C)c1ccc2c(-c3c(Cl)c(C(=O)NCc4ccc(-c5c6ccc(=O)cc-6oc6cc(O)ccc56)c(C(=O)O)c4)cc(Cl)c3C(=O)O)c3ccc(=[N+](C)C)cc-3oc2c1. The number of benzene rings is 6. The molecule has 0 bridgehead atoms. The van der Waals surface area contributed by atoms with Crippen molar-refractivity contribution in [3.63, 3.8) is 0 Å². The van der Waals surface area contributed by atoms with E-state index in [-0.39, 0.29) is 61.4 Å². The van der Waals surface area contributed by atoms with Crippen LogP contribution in [0.5, 0.6) is 5.75 Å². The minimum absolute atomic E-state index is 0.0202. The van der Waals surface area contributed by atoms with Crippen LogP contribution in [-0.2, 0) is 6.54 Å². The Balaban J connectivity index is 1.23. The lowest BCUT2D eigenvalue weighted by atomic mass is 9.89. The fourth-order valence-electron chi connectivity index (χ4n) is 7.45. The lowest BCUT2D eigenvalue weighted by molar-refractivity contribution is 0.0687. The highest BCUT2D eigenvalue weighted by molar-refractivity contribution is 6.41. The Labute approximate surface area is 351 Å². The van der Waals surface area contributed by atoms with Crippen molar-refractivity contribution in [1.29, 1.82) is 0 Å². The van der Waals surface area contributed by atoms with Crippen molar-refractivity contribution >= 4 is 68.7 Å². The molecule has 4 aliphatic rings. The summed E-state index contributed by atoms with van der Waals surface area (Å²) in [6.07, 6.45) is 0. The number of nitrogens with one attached hydrogen (secondary N) is 1. The van der Waals surface area contributed by atoms with Crippen molar-refractivity contribution in [3.05, 3.63) is 145 Å². The monoisotopic (exact) mass is 842 g/mol. The summed E-state index contributed by atoms with van der Waals surface area (Å²) in [6, 6.07) is 25.5. The van der Waals surface area contributed by atoms with Crippen molar-refractivity contribution in [3.8, 4) is 50.7 Å². The number of fused-ring (bicyclic) bond motifs is 4. The van der Waals surface area contributed by atoms with E-state index < -0.39 is 17.8 Å². The van der Waals surface area contributed by atoms with E-state index in [4.69, 9.17) is 32.0 Å². The van der Waals surface area contributed by atoms with E-state index in [9.17, 15) is 34.5 Å². The van der Waals surface area contributed by atoms with Crippen LogP contribution in [0.25, 0.3) is 66.8 Å². The number of nitrogens with zero attached hydrogens (tertiary/aromatic N) is 2. The number of phenolic OH excluding ortho intramolecular Hbond substituents is 1. The molecule has 4 aromatic rings. The molecule has 0 saturated heterocycles. The molecule has 12 nitrogen and oxygen atoms in total. The average molecular weight is 844 g/mol. The van der Waals surface area contributed by atoms with Gasteiger partial charge in [-0.25, -0.2) is 14.2 Å². The number of rotatable bonds is 8. The molecule has 0 saturated carbocycles.